The van der Waals surface area contributed by atoms with Crippen molar-refractivity contribution in [2.75, 3.05) is 6.54 Å². The molecule has 0 bridgehead atoms. The van der Waals surface area contributed by atoms with Crippen LogP contribution >= 0.6 is 0 Å². The Bertz CT molecular complexity index is 272. The maximum Gasteiger partial charge on any atom is 0.242 e. The molecule has 1 aromatic carbocycles. The van der Waals surface area contributed by atoms with E-state index >= 15 is 0 Å². The standard InChI is InChI=1S/C10H13NO2/c1-9(12)11(13)8-7-10-5-3-2-4-6-10/h2-6,13H,7-8H2,1H3. The van der Waals surface area contributed by atoms with Gasteiger partial charge in [-0.15, -0.1) is 0 Å². The van der Waals surface area contributed by atoms with Crippen LogP contribution in [0.3, 0.4) is 0 Å². The maximum atomic E-state index is 10.6. The van der Waals surface area contributed by atoms with E-state index in [-0.39, 0.29) is 5.91 Å². The molecule has 70 valence electrons. The highest BCUT2D eigenvalue weighted by Gasteiger charge is 2.03. The smallest absolute Gasteiger partial charge is 0.242 e. The molecule has 1 amide bonds. The average molecular weight is 179 g/mol. The van der Waals surface area contributed by atoms with Gasteiger partial charge in [0.2, 0.25) is 5.91 Å². The summed E-state index contributed by atoms with van der Waals surface area (Å²) >= 11 is 0. The highest BCUT2D eigenvalue weighted by Crippen LogP contribution is 2.00. The Labute approximate surface area is 77.6 Å². The van der Waals surface area contributed by atoms with Crippen LogP contribution in [0, 0.1) is 0 Å². The number of benzene rings is 1. The Hall–Kier alpha value is -1.35. The highest BCUT2D eigenvalue weighted by molar-refractivity contribution is 5.71. The minimum atomic E-state index is -0.323. The summed E-state index contributed by atoms with van der Waals surface area (Å²) in [7, 11) is 0. The maximum absolute atomic E-state index is 10.6. The lowest BCUT2D eigenvalue weighted by Crippen LogP contribution is -2.26. The minimum Gasteiger partial charge on any atom is -0.286 e. The van der Waals surface area contributed by atoms with Crippen LogP contribution in [0.25, 0.3) is 0 Å². The molecule has 0 atom stereocenters. The first-order valence-electron chi connectivity index (χ1n) is 4.21. The molecule has 0 radical (unpaired) electrons. The second-order valence-corrected chi connectivity index (χ2v) is 2.88. The first kappa shape index (κ1) is 9.74. The third kappa shape index (κ3) is 3.25. The van der Waals surface area contributed by atoms with E-state index < -0.39 is 0 Å². The van der Waals surface area contributed by atoms with Gasteiger partial charge in [-0.1, -0.05) is 30.3 Å². The summed E-state index contributed by atoms with van der Waals surface area (Å²) in [6.45, 7) is 1.68. The lowest BCUT2D eigenvalue weighted by Gasteiger charge is -2.11. The van der Waals surface area contributed by atoms with Crippen molar-refractivity contribution >= 4 is 5.91 Å². The number of nitrogens with zero attached hydrogens (tertiary/aromatic N) is 1. The fourth-order valence-corrected chi connectivity index (χ4v) is 1.04. The first-order valence-corrected chi connectivity index (χ1v) is 4.21. The van der Waals surface area contributed by atoms with Gasteiger partial charge in [-0.25, -0.2) is 5.06 Å². The average Bonchev–Trinajstić information content (AvgIpc) is 2.15. The molecule has 0 saturated heterocycles. The normalized spacial score (nSPS) is 9.69. The lowest BCUT2D eigenvalue weighted by molar-refractivity contribution is -0.162. The number of hydrogen-bond acceptors (Lipinski definition) is 2. The first-order chi connectivity index (χ1) is 6.20. The molecule has 0 aromatic heterocycles. The predicted octanol–water partition coefficient (Wildman–Crippen LogP) is 1.47. The quantitative estimate of drug-likeness (QED) is 0.563. The van der Waals surface area contributed by atoms with Gasteiger partial charge in [0.1, 0.15) is 0 Å². The van der Waals surface area contributed by atoms with E-state index in [0.717, 1.165) is 10.6 Å². The Kier molecular flexibility index (Phi) is 3.46. The minimum absolute atomic E-state index is 0.323. The number of carbonyl (C=O) groups is 1. The summed E-state index contributed by atoms with van der Waals surface area (Å²) in [4.78, 5) is 10.6. The molecule has 1 N–H and O–H groups in total. The Morgan fingerprint density at radius 2 is 2.00 bits per heavy atom. The molecular formula is C10H13NO2. The van der Waals surface area contributed by atoms with Gasteiger partial charge in [0.25, 0.3) is 0 Å². The van der Waals surface area contributed by atoms with Gasteiger partial charge in [-0.3, -0.25) is 10.0 Å². The predicted molar refractivity (Wildman–Crippen MR) is 49.3 cm³/mol. The molecule has 1 rings (SSSR count). The molecule has 0 unspecified atom stereocenters. The lowest BCUT2D eigenvalue weighted by atomic mass is 10.1. The van der Waals surface area contributed by atoms with E-state index in [1.54, 1.807) is 0 Å². The van der Waals surface area contributed by atoms with E-state index in [1.807, 2.05) is 30.3 Å². The molecule has 0 saturated carbocycles. The molecular weight excluding hydrogens is 166 g/mol. The summed E-state index contributed by atoms with van der Waals surface area (Å²) < 4.78 is 0. The third-order valence-corrected chi connectivity index (χ3v) is 1.82. The van der Waals surface area contributed by atoms with E-state index in [4.69, 9.17) is 5.21 Å². The van der Waals surface area contributed by atoms with Crippen molar-refractivity contribution in [1.29, 1.82) is 0 Å². The Balaban J connectivity index is 2.39. The number of hydroxylamine groups is 2. The fourth-order valence-electron chi connectivity index (χ4n) is 1.04. The van der Waals surface area contributed by atoms with Gasteiger partial charge >= 0.3 is 0 Å². The van der Waals surface area contributed by atoms with Gasteiger partial charge in [0.15, 0.2) is 0 Å². The second-order valence-electron chi connectivity index (χ2n) is 2.88. The Morgan fingerprint density at radius 3 is 2.54 bits per heavy atom. The van der Waals surface area contributed by atoms with E-state index in [1.165, 1.54) is 6.92 Å². The van der Waals surface area contributed by atoms with Crippen LogP contribution in [0.2, 0.25) is 0 Å². The summed E-state index contributed by atoms with van der Waals surface area (Å²) in [6.07, 6.45) is 0.678. The molecule has 0 spiro atoms. The SMILES string of the molecule is CC(=O)N(O)CCc1ccccc1. The van der Waals surface area contributed by atoms with Gasteiger partial charge < -0.3 is 0 Å². The number of amides is 1. The molecule has 0 aliphatic heterocycles. The van der Waals surface area contributed by atoms with Crippen LogP contribution in [0.5, 0.6) is 0 Å². The molecule has 1 aromatic rings. The number of rotatable bonds is 3. The van der Waals surface area contributed by atoms with Crippen LogP contribution < -0.4 is 0 Å². The van der Waals surface area contributed by atoms with Crippen molar-refractivity contribution in [3.8, 4) is 0 Å². The van der Waals surface area contributed by atoms with Crippen molar-refractivity contribution < 1.29 is 10.0 Å². The molecule has 13 heavy (non-hydrogen) atoms. The zero-order valence-corrected chi connectivity index (χ0v) is 7.60. The fraction of sp³-hybridized carbons (Fsp3) is 0.300. The van der Waals surface area contributed by atoms with Crippen LogP contribution in [0.15, 0.2) is 30.3 Å². The number of carbonyl (C=O) groups excluding carboxylic acids is 1. The zero-order valence-electron chi connectivity index (χ0n) is 7.60. The van der Waals surface area contributed by atoms with E-state index in [0.29, 0.717) is 13.0 Å². The van der Waals surface area contributed by atoms with Crippen LogP contribution in [0.4, 0.5) is 0 Å². The van der Waals surface area contributed by atoms with Crippen molar-refractivity contribution in [2.45, 2.75) is 13.3 Å². The van der Waals surface area contributed by atoms with Gasteiger partial charge in [-0.2, -0.15) is 0 Å². The number of hydrogen-bond donors (Lipinski definition) is 1. The van der Waals surface area contributed by atoms with Gasteiger partial charge in [0.05, 0.1) is 6.54 Å². The Morgan fingerprint density at radius 1 is 1.38 bits per heavy atom. The van der Waals surface area contributed by atoms with Crippen molar-refractivity contribution in [1.82, 2.24) is 5.06 Å². The summed E-state index contributed by atoms with van der Waals surface area (Å²) in [5, 5.41) is 9.80. The summed E-state index contributed by atoms with van der Waals surface area (Å²) in [5.41, 5.74) is 1.11. The molecule has 3 heteroatoms. The summed E-state index contributed by atoms with van der Waals surface area (Å²) in [6, 6.07) is 9.74. The van der Waals surface area contributed by atoms with Gasteiger partial charge in [0, 0.05) is 6.92 Å². The topological polar surface area (TPSA) is 40.5 Å². The van der Waals surface area contributed by atoms with E-state index in [2.05, 4.69) is 0 Å². The second kappa shape index (κ2) is 4.62. The molecule has 0 heterocycles. The molecule has 0 aliphatic rings. The van der Waals surface area contributed by atoms with Gasteiger partial charge in [-0.05, 0) is 12.0 Å². The zero-order chi connectivity index (χ0) is 9.68. The largest absolute Gasteiger partial charge is 0.286 e. The highest BCUT2D eigenvalue weighted by atomic mass is 16.5. The van der Waals surface area contributed by atoms with Crippen LogP contribution in [0.1, 0.15) is 12.5 Å². The molecule has 0 aliphatic carbocycles. The molecule has 0 fully saturated rings. The molecule has 3 nitrogen and oxygen atoms in total. The third-order valence-electron chi connectivity index (χ3n) is 1.82. The van der Waals surface area contributed by atoms with Crippen molar-refractivity contribution in [2.24, 2.45) is 0 Å². The summed E-state index contributed by atoms with van der Waals surface area (Å²) in [5.74, 6) is -0.323. The van der Waals surface area contributed by atoms with E-state index in [9.17, 15) is 4.79 Å². The van der Waals surface area contributed by atoms with Crippen molar-refractivity contribution in [3.05, 3.63) is 35.9 Å². The van der Waals surface area contributed by atoms with Crippen molar-refractivity contribution in [3.63, 3.8) is 0 Å². The monoisotopic (exact) mass is 179 g/mol. The van der Waals surface area contributed by atoms with Crippen LogP contribution in [-0.4, -0.2) is 22.7 Å². The van der Waals surface area contributed by atoms with Crippen LogP contribution in [-0.2, 0) is 11.2 Å².